The zero-order chi connectivity index (χ0) is 12.0. The minimum atomic E-state index is 0.745. The van der Waals surface area contributed by atoms with Crippen LogP contribution in [0, 0.1) is 5.92 Å². The van der Waals surface area contributed by atoms with Crippen LogP contribution in [0.2, 0.25) is 0 Å². The van der Waals surface area contributed by atoms with Crippen molar-refractivity contribution in [1.29, 1.82) is 0 Å². The number of likely N-dealkylation sites (tertiary alicyclic amines) is 1. The molecule has 1 rings (SSSR count). The van der Waals surface area contributed by atoms with Crippen LogP contribution in [0.25, 0.3) is 0 Å². The predicted molar refractivity (Wildman–Crippen MR) is 70.9 cm³/mol. The molecule has 1 saturated heterocycles. The fourth-order valence-electron chi connectivity index (χ4n) is 2.61. The first-order valence-corrected chi connectivity index (χ1v) is 6.74. The zero-order valence-corrected chi connectivity index (χ0v) is 11.5. The maximum Gasteiger partial charge on any atom is 0.0117 e. The van der Waals surface area contributed by atoms with Gasteiger partial charge in [-0.3, -0.25) is 0 Å². The van der Waals surface area contributed by atoms with Gasteiger partial charge in [0, 0.05) is 12.6 Å². The Bertz CT molecular complexity index is 182. The van der Waals surface area contributed by atoms with E-state index >= 15 is 0 Å². The number of rotatable bonds is 6. The minimum absolute atomic E-state index is 0.745. The molecule has 2 unspecified atom stereocenters. The average Bonchev–Trinajstić information content (AvgIpc) is 2.21. The van der Waals surface area contributed by atoms with Crippen LogP contribution >= 0.6 is 0 Å². The number of piperidine rings is 1. The van der Waals surface area contributed by atoms with Gasteiger partial charge in [0.2, 0.25) is 0 Å². The molecule has 2 atom stereocenters. The van der Waals surface area contributed by atoms with Gasteiger partial charge in [-0.25, -0.2) is 0 Å². The van der Waals surface area contributed by atoms with Crippen LogP contribution in [-0.2, 0) is 0 Å². The number of nitrogens with zero attached hydrogens (tertiary/aromatic N) is 2. The molecule has 0 aromatic carbocycles. The molecular formula is C13H29N3. The van der Waals surface area contributed by atoms with Crippen molar-refractivity contribution in [1.82, 2.24) is 15.1 Å². The van der Waals surface area contributed by atoms with Gasteiger partial charge in [0.25, 0.3) is 0 Å². The van der Waals surface area contributed by atoms with Crippen LogP contribution in [0.3, 0.4) is 0 Å². The predicted octanol–water partition coefficient (Wildman–Crippen LogP) is 1.26. The molecule has 0 aliphatic carbocycles. The molecule has 1 aliphatic rings. The van der Waals surface area contributed by atoms with Crippen LogP contribution in [-0.4, -0.2) is 62.7 Å². The van der Waals surface area contributed by atoms with Crippen molar-refractivity contribution < 1.29 is 0 Å². The molecule has 0 bridgehead atoms. The van der Waals surface area contributed by atoms with E-state index in [1.54, 1.807) is 0 Å². The van der Waals surface area contributed by atoms with Gasteiger partial charge in [-0.1, -0.05) is 13.8 Å². The molecule has 0 saturated carbocycles. The van der Waals surface area contributed by atoms with Gasteiger partial charge in [-0.2, -0.15) is 0 Å². The summed E-state index contributed by atoms with van der Waals surface area (Å²) in [4.78, 5) is 4.90. The summed E-state index contributed by atoms with van der Waals surface area (Å²) in [5.74, 6) is 0.799. The highest BCUT2D eigenvalue weighted by Gasteiger charge is 2.24. The highest BCUT2D eigenvalue weighted by molar-refractivity contribution is 4.82. The third-order valence-corrected chi connectivity index (χ3v) is 3.54. The molecule has 3 heteroatoms. The Morgan fingerprint density at radius 3 is 2.69 bits per heavy atom. The summed E-state index contributed by atoms with van der Waals surface area (Å²) < 4.78 is 0. The van der Waals surface area contributed by atoms with Crippen molar-refractivity contribution in [2.75, 3.05) is 46.8 Å². The number of hydrogen-bond donors (Lipinski definition) is 1. The van der Waals surface area contributed by atoms with Crippen molar-refractivity contribution in [3.8, 4) is 0 Å². The standard InChI is InChI=1S/C13H29N3/c1-5-14-13-7-10-16(11-12(13)2)9-6-8-15(3)4/h12-14H,5-11H2,1-4H3. The number of hydrogen-bond acceptors (Lipinski definition) is 3. The third-order valence-electron chi connectivity index (χ3n) is 3.54. The van der Waals surface area contributed by atoms with Crippen molar-refractivity contribution >= 4 is 0 Å². The first kappa shape index (κ1) is 13.9. The molecule has 0 amide bonds. The first-order valence-electron chi connectivity index (χ1n) is 6.74. The molecule has 16 heavy (non-hydrogen) atoms. The molecule has 0 radical (unpaired) electrons. The van der Waals surface area contributed by atoms with Gasteiger partial charge in [-0.05, 0) is 59.0 Å². The third kappa shape index (κ3) is 4.81. The SMILES string of the molecule is CCNC1CCN(CCCN(C)C)CC1C. The molecule has 96 valence electrons. The van der Waals surface area contributed by atoms with E-state index in [2.05, 4.69) is 43.1 Å². The lowest BCUT2D eigenvalue weighted by atomic mass is 9.94. The van der Waals surface area contributed by atoms with Crippen LogP contribution in [0.5, 0.6) is 0 Å². The Morgan fingerprint density at radius 2 is 2.12 bits per heavy atom. The Hall–Kier alpha value is -0.120. The molecule has 0 spiro atoms. The van der Waals surface area contributed by atoms with Gasteiger partial charge >= 0.3 is 0 Å². The number of nitrogens with one attached hydrogen (secondary N) is 1. The maximum absolute atomic E-state index is 3.59. The quantitative estimate of drug-likeness (QED) is 0.737. The summed E-state index contributed by atoms with van der Waals surface area (Å²) >= 11 is 0. The largest absolute Gasteiger partial charge is 0.314 e. The molecule has 0 aromatic rings. The second kappa shape index (κ2) is 7.25. The molecule has 1 heterocycles. The highest BCUT2D eigenvalue weighted by atomic mass is 15.2. The summed E-state index contributed by atoms with van der Waals surface area (Å²) in [6.45, 7) is 10.7. The van der Waals surface area contributed by atoms with Gasteiger partial charge in [0.05, 0.1) is 0 Å². The molecule has 1 N–H and O–H groups in total. The van der Waals surface area contributed by atoms with Gasteiger partial charge in [-0.15, -0.1) is 0 Å². The Kier molecular flexibility index (Phi) is 6.32. The normalized spacial score (nSPS) is 27.6. The van der Waals surface area contributed by atoms with Crippen LogP contribution < -0.4 is 5.32 Å². The smallest absolute Gasteiger partial charge is 0.0117 e. The Labute approximate surface area is 101 Å². The summed E-state index contributed by atoms with van der Waals surface area (Å²) in [5.41, 5.74) is 0. The van der Waals surface area contributed by atoms with E-state index in [0.717, 1.165) is 18.5 Å². The second-order valence-electron chi connectivity index (χ2n) is 5.39. The lowest BCUT2D eigenvalue weighted by Gasteiger charge is -2.37. The van der Waals surface area contributed by atoms with Crippen molar-refractivity contribution in [2.24, 2.45) is 5.92 Å². The van der Waals surface area contributed by atoms with E-state index in [1.165, 1.54) is 39.0 Å². The average molecular weight is 227 g/mol. The molecule has 0 aromatic heterocycles. The van der Waals surface area contributed by atoms with Crippen molar-refractivity contribution in [2.45, 2.75) is 32.7 Å². The molecular weight excluding hydrogens is 198 g/mol. The van der Waals surface area contributed by atoms with Crippen LogP contribution in [0.4, 0.5) is 0 Å². The van der Waals surface area contributed by atoms with E-state index in [4.69, 9.17) is 0 Å². The topological polar surface area (TPSA) is 18.5 Å². The summed E-state index contributed by atoms with van der Waals surface area (Å²) in [7, 11) is 4.31. The van der Waals surface area contributed by atoms with Crippen LogP contribution in [0.15, 0.2) is 0 Å². The fraction of sp³-hybridized carbons (Fsp3) is 1.00. The van der Waals surface area contributed by atoms with Crippen molar-refractivity contribution in [3.05, 3.63) is 0 Å². The van der Waals surface area contributed by atoms with E-state index in [9.17, 15) is 0 Å². The second-order valence-corrected chi connectivity index (χ2v) is 5.39. The van der Waals surface area contributed by atoms with E-state index in [-0.39, 0.29) is 0 Å². The summed E-state index contributed by atoms with van der Waals surface area (Å²) in [5, 5.41) is 3.59. The fourth-order valence-corrected chi connectivity index (χ4v) is 2.61. The van der Waals surface area contributed by atoms with Gasteiger partial charge in [0.1, 0.15) is 0 Å². The Balaban J connectivity index is 2.18. The lowest BCUT2D eigenvalue weighted by Crippen LogP contribution is -2.48. The van der Waals surface area contributed by atoms with Crippen LogP contribution in [0.1, 0.15) is 26.7 Å². The molecule has 1 aliphatic heterocycles. The van der Waals surface area contributed by atoms with Gasteiger partial charge < -0.3 is 15.1 Å². The van der Waals surface area contributed by atoms with Crippen molar-refractivity contribution in [3.63, 3.8) is 0 Å². The maximum atomic E-state index is 3.59. The molecule has 1 fully saturated rings. The van der Waals surface area contributed by atoms with E-state index in [1.807, 2.05) is 0 Å². The summed E-state index contributed by atoms with van der Waals surface area (Å²) in [6, 6.07) is 0.745. The monoisotopic (exact) mass is 227 g/mol. The van der Waals surface area contributed by atoms with E-state index < -0.39 is 0 Å². The zero-order valence-electron chi connectivity index (χ0n) is 11.5. The minimum Gasteiger partial charge on any atom is -0.314 e. The van der Waals surface area contributed by atoms with E-state index in [0.29, 0.717) is 0 Å². The lowest BCUT2D eigenvalue weighted by molar-refractivity contribution is 0.144. The first-order chi connectivity index (χ1) is 7.63. The van der Waals surface area contributed by atoms with Gasteiger partial charge in [0.15, 0.2) is 0 Å². The summed E-state index contributed by atoms with van der Waals surface area (Å²) in [6.07, 6.45) is 2.61. The Morgan fingerprint density at radius 1 is 1.38 bits per heavy atom. The molecule has 3 nitrogen and oxygen atoms in total. The highest BCUT2D eigenvalue weighted by Crippen LogP contribution is 2.16.